The van der Waals surface area contributed by atoms with Crippen LogP contribution in [0.3, 0.4) is 0 Å². The van der Waals surface area contributed by atoms with Gasteiger partial charge in [0.15, 0.2) is 5.78 Å². The first-order chi connectivity index (χ1) is 12.8. The number of carbonyl (C=O) groups excluding carboxylic acids is 2. The molecule has 0 spiro atoms. The van der Waals surface area contributed by atoms with Gasteiger partial charge in [0, 0.05) is 37.2 Å². The molecular formula is C20H21FN2O4. The van der Waals surface area contributed by atoms with Crippen LogP contribution in [0.2, 0.25) is 0 Å². The molecule has 1 aromatic carbocycles. The molecule has 0 saturated carbocycles. The third-order valence-electron chi connectivity index (χ3n) is 4.69. The lowest BCUT2D eigenvalue weighted by Crippen LogP contribution is -2.43. The second-order valence-corrected chi connectivity index (χ2v) is 6.67. The molecule has 0 aliphatic carbocycles. The Balaban J connectivity index is 1.66. The number of nitrogens with one attached hydrogen (secondary N) is 1. The van der Waals surface area contributed by atoms with Crippen molar-refractivity contribution >= 4 is 11.7 Å². The summed E-state index contributed by atoms with van der Waals surface area (Å²) >= 11 is 0. The van der Waals surface area contributed by atoms with Crippen LogP contribution >= 0.6 is 0 Å². The fourth-order valence-electron chi connectivity index (χ4n) is 3.20. The summed E-state index contributed by atoms with van der Waals surface area (Å²) in [5.41, 5.74) is 0.277. The molecule has 6 nitrogen and oxygen atoms in total. The Labute approximate surface area is 156 Å². The normalized spacial score (nSPS) is 14.9. The van der Waals surface area contributed by atoms with Gasteiger partial charge in [-0.1, -0.05) is 0 Å². The molecule has 3 rings (SSSR count). The van der Waals surface area contributed by atoms with Gasteiger partial charge in [-0.05, 0) is 44.2 Å². The minimum absolute atomic E-state index is 0.0243. The maximum Gasteiger partial charge on any atom is 0.261 e. The summed E-state index contributed by atoms with van der Waals surface area (Å²) in [6.07, 6.45) is 1.13. The Bertz CT molecular complexity index is 913. The van der Waals surface area contributed by atoms with E-state index in [4.69, 9.17) is 4.74 Å². The number of ketones is 1. The highest BCUT2D eigenvalue weighted by Crippen LogP contribution is 2.20. The number of Topliss-reactive ketones (excluding diaryl/α,β-unsaturated/α-hetero) is 1. The first kappa shape index (κ1) is 18.8. The number of carbonyl (C=O) groups is 2. The number of aromatic amines is 1. The first-order valence-corrected chi connectivity index (χ1v) is 8.81. The summed E-state index contributed by atoms with van der Waals surface area (Å²) in [7, 11) is 0. The molecule has 1 N–H and O–H groups in total. The van der Waals surface area contributed by atoms with Crippen LogP contribution in [-0.2, 0) is 0 Å². The highest BCUT2D eigenvalue weighted by molar-refractivity contribution is 5.99. The van der Waals surface area contributed by atoms with Crippen molar-refractivity contribution in [3.63, 3.8) is 0 Å². The predicted molar refractivity (Wildman–Crippen MR) is 97.8 cm³/mol. The van der Waals surface area contributed by atoms with Crippen molar-refractivity contribution in [1.82, 2.24) is 9.88 Å². The molecule has 2 heterocycles. The molecule has 1 aromatic heterocycles. The number of H-pyrrole nitrogens is 1. The van der Waals surface area contributed by atoms with E-state index in [1.54, 1.807) is 24.0 Å². The van der Waals surface area contributed by atoms with Crippen LogP contribution in [0, 0.1) is 12.7 Å². The Kier molecular flexibility index (Phi) is 5.39. The number of hydrogen-bond donors (Lipinski definition) is 1. The summed E-state index contributed by atoms with van der Waals surface area (Å²) in [4.78, 5) is 40.7. The third-order valence-corrected chi connectivity index (χ3v) is 4.69. The smallest absolute Gasteiger partial charge is 0.261 e. The van der Waals surface area contributed by atoms with E-state index in [1.165, 1.54) is 25.1 Å². The molecule has 1 saturated heterocycles. The quantitative estimate of drug-likeness (QED) is 0.837. The second-order valence-electron chi connectivity index (χ2n) is 6.67. The molecule has 1 amide bonds. The molecule has 142 valence electrons. The standard InChI is InChI=1S/C20H21FN2O4/c1-12-17(13(2)24)11-18(19(25)22-12)20(26)23-9-7-16(8-10-23)27-15-5-3-14(21)4-6-15/h3-6,11,16H,7-10H2,1-2H3,(H,22,25). The van der Waals surface area contributed by atoms with Crippen LogP contribution in [-0.4, -0.2) is 40.8 Å². The SMILES string of the molecule is CC(=O)c1cc(C(=O)N2CCC(Oc3ccc(F)cc3)CC2)c(=O)[nH]c1C. The average molecular weight is 372 g/mol. The number of halogens is 1. The minimum Gasteiger partial charge on any atom is -0.490 e. The number of amides is 1. The summed E-state index contributed by atoms with van der Waals surface area (Å²) in [5, 5.41) is 0. The van der Waals surface area contributed by atoms with Crippen LogP contribution in [0.15, 0.2) is 35.1 Å². The second kappa shape index (κ2) is 7.73. The zero-order chi connectivity index (χ0) is 19.6. The number of rotatable bonds is 4. The summed E-state index contributed by atoms with van der Waals surface area (Å²) in [5.74, 6) is -0.332. The molecule has 1 fully saturated rings. The predicted octanol–water partition coefficient (Wildman–Crippen LogP) is 2.71. The van der Waals surface area contributed by atoms with E-state index in [9.17, 15) is 18.8 Å². The number of piperidine rings is 1. The molecular weight excluding hydrogens is 351 g/mol. The van der Waals surface area contributed by atoms with E-state index < -0.39 is 5.56 Å². The van der Waals surface area contributed by atoms with Crippen molar-refractivity contribution in [3.05, 3.63) is 63.3 Å². The topological polar surface area (TPSA) is 79.5 Å². The van der Waals surface area contributed by atoms with E-state index in [-0.39, 0.29) is 29.2 Å². The van der Waals surface area contributed by atoms with Gasteiger partial charge in [-0.25, -0.2) is 4.39 Å². The Morgan fingerprint density at radius 1 is 1.15 bits per heavy atom. The van der Waals surface area contributed by atoms with Gasteiger partial charge in [-0.2, -0.15) is 0 Å². The number of hydrogen-bond acceptors (Lipinski definition) is 4. The van der Waals surface area contributed by atoms with E-state index in [1.807, 2.05) is 0 Å². The van der Waals surface area contributed by atoms with Gasteiger partial charge in [0.05, 0.1) is 0 Å². The van der Waals surface area contributed by atoms with Gasteiger partial charge in [-0.15, -0.1) is 0 Å². The van der Waals surface area contributed by atoms with Crippen molar-refractivity contribution in [2.24, 2.45) is 0 Å². The summed E-state index contributed by atoms with van der Waals surface area (Å²) in [6.45, 7) is 3.90. The van der Waals surface area contributed by atoms with Crippen molar-refractivity contribution in [2.75, 3.05) is 13.1 Å². The minimum atomic E-state index is -0.493. The Morgan fingerprint density at radius 3 is 2.37 bits per heavy atom. The fraction of sp³-hybridized carbons (Fsp3) is 0.350. The largest absolute Gasteiger partial charge is 0.490 e. The highest BCUT2D eigenvalue weighted by Gasteiger charge is 2.27. The number of benzene rings is 1. The maximum absolute atomic E-state index is 13.0. The maximum atomic E-state index is 13.0. The molecule has 2 aromatic rings. The van der Waals surface area contributed by atoms with Crippen LogP contribution in [0.1, 0.15) is 46.2 Å². The van der Waals surface area contributed by atoms with Gasteiger partial charge >= 0.3 is 0 Å². The van der Waals surface area contributed by atoms with Crippen molar-refractivity contribution < 1.29 is 18.7 Å². The number of aromatic nitrogens is 1. The Morgan fingerprint density at radius 2 is 1.78 bits per heavy atom. The van der Waals surface area contributed by atoms with Crippen LogP contribution in [0.4, 0.5) is 4.39 Å². The molecule has 0 bridgehead atoms. The van der Waals surface area contributed by atoms with Gasteiger partial charge in [-0.3, -0.25) is 14.4 Å². The van der Waals surface area contributed by atoms with Crippen LogP contribution < -0.4 is 10.3 Å². The number of ether oxygens (including phenoxy) is 1. The number of pyridine rings is 1. The average Bonchev–Trinajstić information content (AvgIpc) is 2.63. The van der Waals surface area contributed by atoms with Crippen LogP contribution in [0.5, 0.6) is 5.75 Å². The lowest BCUT2D eigenvalue weighted by Gasteiger charge is -2.32. The van der Waals surface area contributed by atoms with E-state index in [2.05, 4.69) is 4.98 Å². The van der Waals surface area contributed by atoms with Crippen molar-refractivity contribution in [2.45, 2.75) is 32.8 Å². The molecule has 0 atom stereocenters. The number of likely N-dealkylation sites (tertiary alicyclic amines) is 1. The lowest BCUT2D eigenvalue weighted by atomic mass is 10.0. The zero-order valence-electron chi connectivity index (χ0n) is 15.3. The number of nitrogens with zero attached hydrogens (tertiary/aromatic N) is 1. The lowest BCUT2D eigenvalue weighted by molar-refractivity contribution is 0.0593. The first-order valence-electron chi connectivity index (χ1n) is 8.81. The molecule has 1 aliphatic heterocycles. The molecule has 1 aliphatic rings. The molecule has 27 heavy (non-hydrogen) atoms. The summed E-state index contributed by atoms with van der Waals surface area (Å²) in [6, 6.07) is 7.19. The van der Waals surface area contributed by atoms with Gasteiger partial charge in [0.25, 0.3) is 11.5 Å². The Hall–Kier alpha value is -2.96. The zero-order valence-corrected chi connectivity index (χ0v) is 15.3. The summed E-state index contributed by atoms with van der Waals surface area (Å²) < 4.78 is 18.8. The van der Waals surface area contributed by atoms with Gasteiger partial charge in [0.2, 0.25) is 0 Å². The van der Waals surface area contributed by atoms with Gasteiger partial charge in [0.1, 0.15) is 23.2 Å². The molecule has 7 heteroatoms. The van der Waals surface area contributed by atoms with Crippen molar-refractivity contribution in [1.29, 1.82) is 0 Å². The molecule has 0 unspecified atom stereocenters. The van der Waals surface area contributed by atoms with Crippen molar-refractivity contribution in [3.8, 4) is 5.75 Å². The highest BCUT2D eigenvalue weighted by atomic mass is 19.1. The van der Waals surface area contributed by atoms with E-state index in [0.29, 0.717) is 42.9 Å². The third kappa shape index (κ3) is 4.24. The van der Waals surface area contributed by atoms with Gasteiger partial charge < -0.3 is 14.6 Å². The monoisotopic (exact) mass is 372 g/mol. The fourth-order valence-corrected chi connectivity index (χ4v) is 3.20. The van der Waals surface area contributed by atoms with Crippen LogP contribution in [0.25, 0.3) is 0 Å². The molecule has 0 radical (unpaired) electrons. The van der Waals surface area contributed by atoms with E-state index in [0.717, 1.165) is 0 Å². The number of aryl methyl sites for hydroxylation is 1. The van der Waals surface area contributed by atoms with E-state index >= 15 is 0 Å².